The van der Waals surface area contributed by atoms with Gasteiger partial charge in [-0.1, -0.05) is 123 Å². The Morgan fingerprint density at radius 1 is 0.577 bits per heavy atom. The van der Waals surface area contributed by atoms with Crippen LogP contribution in [-0.2, 0) is 58.7 Å². The van der Waals surface area contributed by atoms with Gasteiger partial charge in [-0.2, -0.15) is 0 Å². The van der Waals surface area contributed by atoms with Gasteiger partial charge in [0.05, 0.1) is 28.3 Å². The molecular formula is C64H88O7. The van der Waals surface area contributed by atoms with E-state index >= 15 is 0 Å². The fourth-order valence-electron chi connectivity index (χ4n) is 15.7. The zero-order valence-corrected chi connectivity index (χ0v) is 45.6. The molecule has 9 rings (SSSR count). The lowest BCUT2D eigenvalue weighted by molar-refractivity contribution is -0.184. The highest BCUT2D eigenvalue weighted by Gasteiger charge is 2.57. The number of carbonyl (C=O) groups excluding carboxylic acids is 3. The van der Waals surface area contributed by atoms with Crippen LogP contribution in [0.15, 0.2) is 54.6 Å². The molecule has 386 valence electrons. The zero-order valence-electron chi connectivity index (χ0n) is 45.6. The van der Waals surface area contributed by atoms with E-state index in [4.69, 9.17) is 14.2 Å². The molecule has 7 nitrogen and oxygen atoms in total. The van der Waals surface area contributed by atoms with Gasteiger partial charge in [-0.25, -0.2) is 0 Å². The van der Waals surface area contributed by atoms with E-state index in [1.807, 2.05) is 6.92 Å². The zero-order chi connectivity index (χ0) is 50.9. The van der Waals surface area contributed by atoms with Crippen molar-refractivity contribution in [3.63, 3.8) is 0 Å². The minimum Gasteiger partial charge on any atom is -0.464 e. The van der Waals surface area contributed by atoms with Crippen LogP contribution in [0.2, 0.25) is 0 Å². The number of esters is 3. The van der Waals surface area contributed by atoms with Gasteiger partial charge in [0, 0.05) is 0 Å². The first-order chi connectivity index (χ1) is 33.6. The van der Waals surface area contributed by atoms with E-state index in [2.05, 4.69) is 124 Å². The van der Waals surface area contributed by atoms with Crippen LogP contribution in [0.4, 0.5) is 0 Å². The average molecular weight is 969 g/mol. The molecule has 0 aromatic heterocycles. The number of benzene rings is 3. The highest BCUT2D eigenvalue weighted by atomic mass is 16.6. The minimum absolute atomic E-state index is 0.0193. The molecule has 6 aliphatic rings. The predicted molar refractivity (Wildman–Crippen MR) is 283 cm³/mol. The van der Waals surface area contributed by atoms with Gasteiger partial charge < -0.3 is 19.3 Å². The molecule has 3 aromatic carbocycles. The van der Waals surface area contributed by atoms with Crippen molar-refractivity contribution in [1.82, 2.24) is 0 Å². The summed E-state index contributed by atoms with van der Waals surface area (Å²) in [5.74, 6) is 1.32. The van der Waals surface area contributed by atoms with E-state index in [0.717, 1.165) is 77.0 Å². The maximum absolute atomic E-state index is 14.9. The van der Waals surface area contributed by atoms with Crippen molar-refractivity contribution in [2.75, 3.05) is 26.4 Å². The van der Waals surface area contributed by atoms with Crippen molar-refractivity contribution < 1.29 is 33.7 Å². The van der Waals surface area contributed by atoms with E-state index < -0.39 is 28.3 Å². The van der Waals surface area contributed by atoms with Crippen LogP contribution in [0.3, 0.4) is 0 Å². The molecule has 1 N–H and O–H groups in total. The predicted octanol–water partition coefficient (Wildman–Crippen LogP) is 13.9. The summed E-state index contributed by atoms with van der Waals surface area (Å²) in [6.07, 6.45) is 13.3. The second kappa shape index (κ2) is 19.4. The van der Waals surface area contributed by atoms with Crippen molar-refractivity contribution >= 4 is 17.9 Å². The van der Waals surface area contributed by atoms with Gasteiger partial charge in [0.2, 0.25) is 0 Å². The second-order valence-electron chi connectivity index (χ2n) is 26.4. The third-order valence-electron chi connectivity index (χ3n) is 20.8. The quantitative estimate of drug-likeness (QED) is 0.135. The summed E-state index contributed by atoms with van der Waals surface area (Å²) >= 11 is 0. The van der Waals surface area contributed by atoms with Crippen molar-refractivity contribution in [2.45, 2.75) is 207 Å². The van der Waals surface area contributed by atoms with Crippen LogP contribution in [0.25, 0.3) is 0 Å². The van der Waals surface area contributed by atoms with Gasteiger partial charge in [-0.15, -0.1) is 0 Å². The number of ether oxygens (including phenoxy) is 3. The Kier molecular flexibility index (Phi) is 14.2. The fraction of sp³-hybridized carbons (Fsp3) is 0.672. The van der Waals surface area contributed by atoms with E-state index in [-0.39, 0.29) is 66.3 Å². The Labute approximate surface area is 427 Å². The number of hydrogen-bond acceptors (Lipinski definition) is 7. The van der Waals surface area contributed by atoms with Gasteiger partial charge in [0.25, 0.3) is 0 Å². The molecule has 0 saturated heterocycles. The maximum atomic E-state index is 14.9. The molecule has 6 aliphatic carbocycles. The molecular weight excluding hydrogens is 881 g/mol. The largest absolute Gasteiger partial charge is 0.464 e. The minimum atomic E-state index is -1.35. The van der Waals surface area contributed by atoms with Crippen LogP contribution in [0.1, 0.15) is 227 Å². The van der Waals surface area contributed by atoms with Crippen LogP contribution in [0.5, 0.6) is 0 Å². The Hall–Kier alpha value is -3.97. The van der Waals surface area contributed by atoms with Gasteiger partial charge in [-0.05, 0) is 207 Å². The standard InChI is InChI=1S/C64H88O7/c1-40(2)43-16-22-50-46(32-43)19-25-54-51(50)14-12-27-62(54,10)57(67)70-38-64(36-65,37-69-56(66)59(7)30-31-60(8)49(35-59)21-15-47-33-44(41(3)4)17-23-52(47)60)39-71-58(68)63(11)29-13-28-61(9)53-24-18-45(42(5)6)34-48(53)20-26-55(61)63/h16-18,22-24,32-34,40-42,49,51,54-55,65H,12-15,19-21,25-31,35-39H2,1-11H3. The Bertz CT molecular complexity index is 2500. The van der Waals surface area contributed by atoms with E-state index in [0.29, 0.717) is 42.9 Å². The topological polar surface area (TPSA) is 99.1 Å². The summed E-state index contributed by atoms with van der Waals surface area (Å²) in [7, 11) is 0. The summed E-state index contributed by atoms with van der Waals surface area (Å²) in [6, 6.07) is 21.0. The highest BCUT2D eigenvalue weighted by Crippen LogP contribution is 2.59. The molecule has 71 heavy (non-hydrogen) atoms. The molecule has 0 bridgehead atoms. The summed E-state index contributed by atoms with van der Waals surface area (Å²) in [4.78, 5) is 44.4. The molecule has 3 saturated carbocycles. The molecule has 10 unspecified atom stereocenters. The van der Waals surface area contributed by atoms with Gasteiger partial charge in [0.1, 0.15) is 19.8 Å². The molecule has 0 spiro atoms. The Morgan fingerprint density at radius 2 is 1.10 bits per heavy atom. The van der Waals surface area contributed by atoms with Crippen molar-refractivity contribution in [2.24, 2.45) is 39.4 Å². The van der Waals surface area contributed by atoms with E-state index in [9.17, 15) is 19.5 Å². The number of aryl methyl sites for hydroxylation is 3. The van der Waals surface area contributed by atoms with Crippen LogP contribution in [-0.4, -0.2) is 49.4 Å². The normalized spacial score (nSPS) is 32.8. The molecule has 10 atom stereocenters. The molecule has 3 fully saturated rings. The molecule has 7 heteroatoms. The number of aliphatic hydroxyl groups is 1. The third kappa shape index (κ3) is 9.15. The van der Waals surface area contributed by atoms with Crippen LogP contribution < -0.4 is 0 Å². The summed E-state index contributed by atoms with van der Waals surface area (Å²) in [5.41, 5.74) is 8.74. The molecule has 0 heterocycles. The molecule has 0 aliphatic heterocycles. The van der Waals surface area contributed by atoms with Crippen LogP contribution in [0, 0.1) is 39.4 Å². The first-order valence-electron chi connectivity index (χ1n) is 28.1. The summed E-state index contributed by atoms with van der Waals surface area (Å²) < 4.78 is 19.4. The maximum Gasteiger partial charge on any atom is 0.312 e. The lowest BCUT2D eigenvalue weighted by Gasteiger charge is -2.54. The van der Waals surface area contributed by atoms with Gasteiger partial charge >= 0.3 is 17.9 Å². The van der Waals surface area contributed by atoms with E-state index in [1.54, 1.807) is 0 Å². The van der Waals surface area contributed by atoms with E-state index in [1.165, 1.54) is 50.1 Å². The second-order valence-corrected chi connectivity index (χ2v) is 26.4. The summed E-state index contributed by atoms with van der Waals surface area (Å²) in [5, 5.41) is 11.6. The smallest absolute Gasteiger partial charge is 0.312 e. The molecule has 0 radical (unpaired) electrons. The number of rotatable bonds is 13. The number of aliphatic hydroxyl groups excluding tert-OH is 1. The third-order valence-corrected chi connectivity index (χ3v) is 20.8. The highest BCUT2D eigenvalue weighted by molar-refractivity contribution is 5.79. The van der Waals surface area contributed by atoms with Gasteiger partial charge in [-0.3, -0.25) is 14.4 Å². The number of hydrogen-bond donors (Lipinski definition) is 1. The lowest BCUT2D eigenvalue weighted by atomic mass is 9.49. The monoisotopic (exact) mass is 969 g/mol. The van der Waals surface area contributed by atoms with Crippen molar-refractivity contribution in [1.29, 1.82) is 0 Å². The van der Waals surface area contributed by atoms with Gasteiger partial charge in [0.15, 0.2) is 0 Å². The molecule has 3 aromatic rings. The summed E-state index contributed by atoms with van der Waals surface area (Å²) in [6.45, 7) is 23.3. The first-order valence-corrected chi connectivity index (χ1v) is 28.1. The Morgan fingerprint density at radius 3 is 1.70 bits per heavy atom. The lowest BCUT2D eigenvalue weighted by Crippen LogP contribution is -2.54. The number of carbonyl (C=O) groups is 3. The number of fused-ring (bicyclic) bond motifs is 9. The van der Waals surface area contributed by atoms with Crippen molar-refractivity contribution in [3.05, 3.63) is 105 Å². The first kappa shape index (κ1) is 51.9. The molecule has 0 amide bonds. The Balaban J connectivity index is 0.946. The SMILES string of the molecule is CC(C)c1ccc2c(c1)CCC1C2CCCC1(C)C(=O)OCC(CO)(COC(=O)C1(C)CCC2(C)c3ccc(C(C)C)cc3CCC2C1)COC(=O)C1(C)CCCC2(C)c3ccc(C(C)C)cc3CCC12. The average Bonchev–Trinajstić information content (AvgIpc) is 3.35. The van der Waals surface area contributed by atoms with Crippen molar-refractivity contribution in [3.8, 4) is 0 Å². The fourth-order valence-corrected chi connectivity index (χ4v) is 15.7. The van der Waals surface area contributed by atoms with Crippen LogP contribution >= 0.6 is 0 Å².